The maximum atomic E-state index is 12.3. The maximum Gasteiger partial charge on any atom is 0.225 e. The van der Waals surface area contributed by atoms with E-state index in [-0.39, 0.29) is 11.4 Å². The highest BCUT2D eigenvalue weighted by Gasteiger charge is 2.45. The molecule has 3 rings (SSSR count). The van der Waals surface area contributed by atoms with Crippen LogP contribution in [0.25, 0.3) is 0 Å². The second kappa shape index (κ2) is 5.60. The number of methoxy groups -OCH3 is 1. The quantitative estimate of drug-likeness (QED) is 0.914. The summed E-state index contributed by atoms with van der Waals surface area (Å²) in [5.74, 6) is 0.878. The summed E-state index contributed by atoms with van der Waals surface area (Å²) in [5, 5.41) is 3.19. The molecule has 108 valence electrons. The number of carbonyl (C=O) groups is 1. The molecule has 21 heavy (non-hydrogen) atoms. The van der Waals surface area contributed by atoms with Gasteiger partial charge in [-0.1, -0.05) is 42.5 Å². The molecule has 0 spiro atoms. The van der Waals surface area contributed by atoms with Crippen molar-refractivity contribution in [2.75, 3.05) is 7.11 Å². The minimum atomic E-state index is -0.134. The van der Waals surface area contributed by atoms with Crippen molar-refractivity contribution >= 4 is 5.91 Å². The van der Waals surface area contributed by atoms with Crippen molar-refractivity contribution in [1.29, 1.82) is 0 Å². The first kappa shape index (κ1) is 13.7. The first-order valence-electron chi connectivity index (χ1n) is 7.21. The number of rotatable bonds is 5. The molecular formula is C18H19NO2. The summed E-state index contributed by atoms with van der Waals surface area (Å²) in [6, 6.07) is 17.8. The second-order valence-electron chi connectivity index (χ2n) is 5.52. The highest BCUT2D eigenvalue weighted by atomic mass is 16.5. The number of nitrogens with one attached hydrogen (secondary N) is 1. The zero-order valence-electron chi connectivity index (χ0n) is 12.1. The van der Waals surface area contributed by atoms with Crippen molar-refractivity contribution in [3.63, 3.8) is 0 Å². The van der Waals surface area contributed by atoms with Gasteiger partial charge in [0.2, 0.25) is 5.91 Å². The number of ether oxygens (including phenoxy) is 1. The Labute approximate surface area is 124 Å². The van der Waals surface area contributed by atoms with Gasteiger partial charge in [0.05, 0.1) is 19.1 Å². The maximum absolute atomic E-state index is 12.3. The summed E-state index contributed by atoms with van der Waals surface area (Å²) < 4.78 is 5.12. The van der Waals surface area contributed by atoms with Gasteiger partial charge in [0, 0.05) is 0 Å². The van der Waals surface area contributed by atoms with Crippen LogP contribution < -0.4 is 10.1 Å². The molecule has 1 N–H and O–H groups in total. The molecule has 2 aromatic carbocycles. The third-order valence-corrected chi connectivity index (χ3v) is 3.98. The van der Waals surface area contributed by atoms with Crippen LogP contribution in [0.3, 0.4) is 0 Å². The molecule has 3 nitrogen and oxygen atoms in total. The van der Waals surface area contributed by atoms with Crippen LogP contribution in [-0.2, 0) is 16.8 Å². The predicted molar refractivity (Wildman–Crippen MR) is 82.2 cm³/mol. The first-order chi connectivity index (χ1) is 10.2. The molecule has 1 aliphatic rings. The lowest BCUT2D eigenvalue weighted by Gasteiger charge is -2.18. The topological polar surface area (TPSA) is 38.3 Å². The lowest BCUT2D eigenvalue weighted by Crippen LogP contribution is -2.35. The van der Waals surface area contributed by atoms with Crippen LogP contribution in [0.2, 0.25) is 0 Å². The molecule has 2 aromatic rings. The van der Waals surface area contributed by atoms with Gasteiger partial charge < -0.3 is 10.1 Å². The van der Waals surface area contributed by atoms with E-state index in [2.05, 4.69) is 17.4 Å². The summed E-state index contributed by atoms with van der Waals surface area (Å²) in [6.45, 7) is 0. The molecular weight excluding hydrogens is 262 g/mol. The number of hydrogen-bond acceptors (Lipinski definition) is 2. The Bertz CT molecular complexity index is 615. The average Bonchev–Trinajstić information content (AvgIpc) is 3.29. The Kier molecular flexibility index (Phi) is 3.65. The van der Waals surface area contributed by atoms with E-state index in [1.807, 2.05) is 42.5 Å². The summed E-state index contributed by atoms with van der Waals surface area (Å²) in [5.41, 5.74) is 2.07. The van der Waals surface area contributed by atoms with Crippen LogP contribution in [0.5, 0.6) is 5.75 Å². The van der Waals surface area contributed by atoms with E-state index in [1.54, 1.807) is 7.11 Å². The Morgan fingerprint density at radius 2 is 1.76 bits per heavy atom. The van der Waals surface area contributed by atoms with Crippen LogP contribution in [0.4, 0.5) is 0 Å². The molecule has 0 bridgehead atoms. The van der Waals surface area contributed by atoms with Gasteiger partial charge in [-0.05, 0) is 36.1 Å². The van der Waals surface area contributed by atoms with E-state index in [1.165, 1.54) is 5.56 Å². The zero-order valence-corrected chi connectivity index (χ0v) is 12.1. The lowest BCUT2D eigenvalue weighted by molar-refractivity contribution is -0.121. The normalized spacial score (nSPS) is 15.3. The van der Waals surface area contributed by atoms with Crippen LogP contribution in [0.15, 0.2) is 54.6 Å². The minimum Gasteiger partial charge on any atom is -0.497 e. The fraction of sp³-hybridized carbons (Fsp3) is 0.278. The number of benzene rings is 2. The van der Waals surface area contributed by atoms with Crippen molar-refractivity contribution in [1.82, 2.24) is 5.32 Å². The Morgan fingerprint density at radius 1 is 1.10 bits per heavy atom. The van der Waals surface area contributed by atoms with Gasteiger partial charge in [-0.15, -0.1) is 0 Å². The van der Waals surface area contributed by atoms with E-state index >= 15 is 0 Å². The predicted octanol–water partition coefficient (Wildman–Crippen LogP) is 3.04. The minimum absolute atomic E-state index is 0.0709. The third-order valence-electron chi connectivity index (χ3n) is 3.98. The van der Waals surface area contributed by atoms with Gasteiger partial charge in [-0.3, -0.25) is 4.79 Å². The summed E-state index contributed by atoms with van der Waals surface area (Å²) >= 11 is 0. The molecule has 0 unspecified atom stereocenters. The van der Waals surface area contributed by atoms with E-state index in [4.69, 9.17) is 4.74 Å². The molecule has 1 amide bonds. The average molecular weight is 281 g/mol. The molecule has 1 fully saturated rings. The number of amides is 1. The van der Waals surface area contributed by atoms with Crippen LogP contribution in [0, 0.1) is 0 Å². The Balaban J connectivity index is 1.64. The molecule has 0 aromatic heterocycles. The van der Waals surface area contributed by atoms with Crippen molar-refractivity contribution in [2.24, 2.45) is 0 Å². The molecule has 0 radical (unpaired) electrons. The van der Waals surface area contributed by atoms with E-state index in [9.17, 15) is 4.79 Å². The van der Waals surface area contributed by atoms with Gasteiger partial charge in [-0.25, -0.2) is 0 Å². The molecule has 3 heteroatoms. The molecule has 1 saturated carbocycles. The van der Waals surface area contributed by atoms with Gasteiger partial charge in [0.15, 0.2) is 0 Å². The van der Waals surface area contributed by atoms with E-state index < -0.39 is 0 Å². The van der Waals surface area contributed by atoms with Crippen LogP contribution >= 0.6 is 0 Å². The smallest absolute Gasteiger partial charge is 0.225 e. The lowest BCUT2D eigenvalue weighted by atomic mass is 10.0. The van der Waals surface area contributed by atoms with E-state index in [0.717, 1.165) is 24.2 Å². The molecule has 0 atom stereocenters. The Hall–Kier alpha value is -2.29. The first-order valence-corrected chi connectivity index (χ1v) is 7.21. The van der Waals surface area contributed by atoms with Gasteiger partial charge in [0.25, 0.3) is 0 Å². The highest BCUT2D eigenvalue weighted by Crippen LogP contribution is 2.45. The second-order valence-corrected chi connectivity index (χ2v) is 5.52. The summed E-state index contributed by atoms with van der Waals surface area (Å²) in [7, 11) is 1.64. The van der Waals surface area contributed by atoms with Crippen LogP contribution in [-0.4, -0.2) is 13.0 Å². The summed E-state index contributed by atoms with van der Waals surface area (Å²) in [6.07, 6.45) is 2.44. The van der Waals surface area contributed by atoms with Gasteiger partial charge in [0.1, 0.15) is 5.75 Å². The van der Waals surface area contributed by atoms with Crippen molar-refractivity contribution in [3.8, 4) is 5.75 Å². The standard InChI is InChI=1S/C18H19NO2/c1-21-16-9-7-14(8-10-16)13-17(20)19-18(11-12-18)15-5-3-2-4-6-15/h2-10H,11-13H2,1H3,(H,19,20). The highest BCUT2D eigenvalue weighted by molar-refractivity contribution is 5.80. The SMILES string of the molecule is COc1ccc(CC(=O)NC2(c3ccccc3)CC2)cc1. The van der Waals surface area contributed by atoms with Crippen molar-refractivity contribution in [3.05, 3.63) is 65.7 Å². The largest absolute Gasteiger partial charge is 0.497 e. The van der Waals surface area contributed by atoms with Crippen molar-refractivity contribution in [2.45, 2.75) is 24.8 Å². The molecule has 0 heterocycles. The van der Waals surface area contributed by atoms with Gasteiger partial charge >= 0.3 is 0 Å². The van der Waals surface area contributed by atoms with Gasteiger partial charge in [-0.2, -0.15) is 0 Å². The molecule has 0 aliphatic heterocycles. The van der Waals surface area contributed by atoms with Crippen LogP contribution in [0.1, 0.15) is 24.0 Å². The van der Waals surface area contributed by atoms with E-state index in [0.29, 0.717) is 6.42 Å². The third kappa shape index (κ3) is 3.07. The van der Waals surface area contributed by atoms with Crippen molar-refractivity contribution < 1.29 is 9.53 Å². The number of carbonyl (C=O) groups excluding carboxylic acids is 1. The number of hydrogen-bond donors (Lipinski definition) is 1. The fourth-order valence-corrected chi connectivity index (χ4v) is 2.61. The Morgan fingerprint density at radius 3 is 2.33 bits per heavy atom. The fourth-order valence-electron chi connectivity index (χ4n) is 2.61. The zero-order chi connectivity index (χ0) is 14.7. The summed E-state index contributed by atoms with van der Waals surface area (Å²) in [4.78, 5) is 12.3. The molecule has 0 saturated heterocycles. The molecule has 1 aliphatic carbocycles. The monoisotopic (exact) mass is 281 g/mol.